The molecule has 3 heteroatoms. The summed E-state index contributed by atoms with van der Waals surface area (Å²) in [4.78, 5) is 11.0. The Hall–Kier alpha value is -0.310. The van der Waals surface area contributed by atoms with Crippen LogP contribution in [0.5, 0.6) is 0 Å². The molecule has 0 spiro atoms. The fourth-order valence-electron chi connectivity index (χ4n) is 1.10. The van der Waals surface area contributed by atoms with E-state index in [1.165, 1.54) is 0 Å². The Labute approximate surface area is 74.7 Å². The second-order valence-electron chi connectivity index (χ2n) is 2.53. The third-order valence-corrected chi connectivity index (χ3v) is 2.70. The summed E-state index contributed by atoms with van der Waals surface area (Å²) in [5.74, 6) is 0.975. The van der Waals surface area contributed by atoms with Gasteiger partial charge < -0.3 is 4.74 Å². The molecule has 0 saturated carbocycles. The van der Waals surface area contributed by atoms with Gasteiger partial charge in [-0.25, -0.2) is 0 Å². The zero-order valence-electron chi connectivity index (χ0n) is 6.47. The van der Waals surface area contributed by atoms with Crippen LogP contribution in [0, 0.1) is 0 Å². The van der Waals surface area contributed by atoms with E-state index < -0.39 is 0 Å². The van der Waals surface area contributed by atoms with Gasteiger partial charge in [0.25, 0.3) is 0 Å². The van der Waals surface area contributed by atoms with E-state index in [1.807, 2.05) is 6.08 Å². The Bertz CT molecular complexity index is 187. The van der Waals surface area contributed by atoms with E-state index in [0.29, 0.717) is 6.42 Å². The number of ketones is 1. The fourth-order valence-corrected chi connectivity index (χ4v) is 1.70. The number of allylic oxidation sites excluding steroid dienone is 2. The Balaban J connectivity index is 2.72. The van der Waals surface area contributed by atoms with Crippen LogP contribution in [-0.2, 0) is 9.53 Å². The van der Waals surface area contributed by atoms with Crippen LogP contribution < -0.4 is 0 Å². The Morgan fingerprint density at radius 1 is 1.73 bits per heavy atom. The van der Waals surface area contributed by atoms with Crippen molar-refractivity contribution in [3.05, 3.63) is 11.8 Å². The molecule has 1 rings (SSSR count). The molecule has 1 unspecified atom stereocenters. The molecule has 1 aliphatic carbocycles. The van der Waals surface area contributed by atoms with Crippen molar-refractivity contribution in [3.63, 3.8) is 0 Å². The summed E-state index contributed by atoms with van der Waals surface area (Å²) < 4.78 is 5.05. The number of methoxy groups -OCH3 is 1. The third kappa shape index (κ3) is 2.06. The van der Waals surface area contributed by atoms with E-state index in [0.717, 1.165) is 18.6 Å². The number of ether oxygens (including phenoxy) is 1. The third-order valence-electron chi connectivity index (χ3n) is 1.74. The van der Waals surface area contributed by atoms with Gasteiger partial charge in [0.15, 0.2) is 5.78 Å². The average Bonchev–Trinajstić information content (AvgIpc) is 2.16. The molecule has 11 heavy (non-hydrogen) atoms. The maximum absolute atomic E-state index is 11.2. The Kier molecular flexibility index (Phi) is 3.12. The van der Waals surface area contributed by atoms with Crippen LogP contribution >= 0.6 is 15.9 Å². The first-order valence-corrected chi connectivity index (χ1v) is 4.58. The molecule has 0 heterocycles. The molecule has 1 aliphatic rings. The van der Waals surface area contributed by atoms with Crippen LogP contribution in [0.4, 0.5) is 0 Å². The minimum Gasteiger partial charge on any atom is -0.500 e. The minimum atomic E-state index is -0.213. The second kappa shape index (κ2) is 3.90. The lowest BCUT2D eigenvalue weighted by Crippen LogP contribution is -2.15. The molecule has 62 valence electrons. The molecular weight excluding hydrogens is 208 g/mol. The first kappa shape index (κ1) is 8.78. The van der Waals surface area contributed by atoms with Crippen molar-refractivity contribution in [2.24, 2.45) is 0 Å². The highest BCUT2D eigenvalue weighted by Crippen LogP contribution is 2.21. The normalized spacial score (nSPS) is 25.8. The number of hydrogen-bond acceptors (Lipinski definition) is 2. The number of halogens is 1. The van der Waals surface area contributed by atoms with Crippen molar-refractivity contribution in [3.8, 4) is 0 Å². The van der Waals surface area contributed by atoms with E-state index in [4.69, 9.17) is 4.74 Å². The summed E-state index contributed by atoms with van der Waals surface area (Å²) in [5, 5.41) is 0. The van der Waals surface area contributed by atoms with Gasteiger partial charge in [0, 0.05) is 6.42 Å². The van der Waals surface area contributed by atoms with Crippen molar-refractivity contribution in [2.45, 2.75) is 24.1 Å². The number of rotatable bonds is 1. The van der Waals surface area contributed by atoms with Gasteiger partial charge in [-0.2, -0.15) is 0 Å². The number of carbonyl (C=O) groups is 1. The summed E-state index contributed by atoms with van der Waals surface area (Å²) in [7, 11) is 1.60. The highest BCUT2D eigenvalue weighted by molar-refractivity contribution is 9.10. The average molecular weight is 219 g/mol. The van der Waals surface area contributed by atoms with Gasteiger partial charge in [0.05, 0.1) is 7.11 Å². The monoisotopic (exact) mass is 218 g/mol. The van der Waals surface area contributed by atoms with Gasteiger partial charge in [0.2, 0.25) is 0 Å². The quantitative estimate of drug-likeness (QED) is 0.630. The van der Waals surface area contributed by atoms with Gasteiger partial charge in [-0.3, -0.25) is 4.79 Å². The maximum atomic E-state index is 11.2. The van der Waals surface area contributed by atoms with Crippen molar-refractivity contribution in [1.82, 2.24) is 0 Å². The van der Waals surface area contributed by atoms with Gasteiger partial charge in [-0.1, -0.05) is 15.9 Å². The van der Waals surface area contributed by atoms with E-state index in [-0.39, 0.29) is 10.6 Å². The van der Waals surface area contributed by atoms with Crippen molar-refractivity contribution in [2.75, 3.05) is 7.11 Å². The summed E-state index contributed by atoms with van der Waals surface area (Å²) in [5.41, 5.74) is 0. The summed E-state index contributed by atoms with van der Waals surface area (Å²) in [6, 6.07) is 0. The topological polar surface area (TPSA) is 26.3 Å². The molecule has 0 amide bonds. The minimum absolute atomic E-state index is 0.213. The molecule has 0 saturated heterocycles. The maximum Gasteiger partial charge on any atom is 0.154 e. The Morgan fingerprint density at radius 3 is 3.09 bits per heavy atom. The largest absolute Gasteiger partial charge is 0.500 e. The molecule has 0 aromatic rings. The predicted octanol–water partition coefficient (Wildman–Crippen LogP) is 2.03. The van der Waals surface area contributed by atoms with Crippen molar-refractivity contribution >= 4 is 21.7 Å². The first-order chi connectivity index (χ1) is 5.25. The molecule has 0 aromatic heterocycles. The summed E-state index contributed by atoms with van der Waals surface area (Å²) in [6.45, 7) is 0. The van der Waals surface area contributed by atoms with Crippen LogP contribution in [0.25, 0.3) is 0 Å². The van der Waals surface area contributed by atoms with Gasteiger partial charge in [0.1, 0.15) is 10.6 Å². The number of alkyl halides is 1. The zero-order valence-corrected chi connectivity index (χ0v) is 8.06. The highest BCUT2D eigenvalue weighted by Gasteiger charge is 2.21. The van der Waals surface area contributed by atoms with Gasteiger partial charge >= 0.3 is 0 Å². The molecule has 1 atom stereocenters. The lowest BCUT2D eigenvalue weighted by Gasteiger charge is -2.08. The molecule has 0 radical (unpaired) electrons. The Morgan fingerprint density at radius 2 is 2.45 bits per heavy atom. The molecule has 0 N–H and O–H groups in total. The van der Waals surface area contributed by atoms with E-state index in [1.54, 1.807) is 7.11 Å². The smallest absolute Gasteiger partial charge is 0.154 e. The lowest BCUT2D eigenvalue weighted by molar-refractivity contribution is -0.118. The highest BCUT2D eigenvalue weighted by atomic mass is 79.9. The molecular formula is C8H11BrO2. The van der Waals surface area contributed by atoms with E-state index >= 15 is 0 Å². The second-order valence-corrected chi connectivity index (χ2v) is 3.45. The van der Waals surface area contributed by atoms with Crippen LogP contribution in [0.1, 0.15) is 19.3 Å². The molecule has 0 aromatic carbocycles. The SMILES string of the molecule is COC1=CCCCC(=O)C1Br. The van der Waals surface area contributed by atoms with Crippen LogP contribution in [0.2, 0.25) is 0 Å². The van der Waals surface area contributed by atoms with Crippen molar-refractivity contribution in [1.29, 1.82) is 0 Å². The van der Waals surface area contributed by atoms with Gasteiger partial charge in [-0.05, 0) is 18.9 Å². The number of hydrogen-bond donors (Lipinski definition) is 0. The molecule has 0 fully saturated rings. The molecule has 0 bridgehead atoms. The standard InChI is InChI=1S/C8H11BrO2/c1-11-7-5-3-2-4-6(10)8(7)9/h5,8H,2-4H2,1H3. The summed E-state index contributed by atoms with van der Waals surface area (Å²) in [6.07, 6.45) is 4.51. The first-order valence-electron chi connectivity index (χ1n) is 3.66. The van der Waals surface area contributed by atoms with E-state index in [2.05, 4.69) is 15.9 Å². The van der Waals surface area contributed by atoms with Gasteiger partial charge in [-0.15, -0.1) is 0 Å². The molecule has 2 nitrogen and oxygen atoms in total. The van der Waals surface area contributed by atoms with Crippen LogP contribution in [-0.4, -0.2) is 17.7 Å². The van der Waals surface area contributed by atoms with Crippen molar-refractivity contribution < 1.29 is 9.53 Å². The number of Topliss-reactive ketones (excluding diaryl/α,β-unsaturated/α-hetero) is 1. The zero-order chi connectivity index (χ0) is 8.27. The molecule has 0 aliphatic heterocycles. The lowest BCUT2D eigenvalue weighted by atomic mass is 10.2. The summed E-state index contributed by atoms with van der Waals surface area (Å²) >= 11 is 3.29. The van der Waals surface area contributed by atoms with E-state index in [9.17, 15) is 4.79 Å². The van der Waals surface area contributed by atoms with Crippen LogP contribution in [0.15, 0.2) is 11.8 Å². The predicted molar refractivity (Wildman–Crippen MR) is 46.7 cm³/mol. The fraction of sp³-hybridized carbons (Fsp3) is 0.625. The number of carbonyl (C=O) groups excluding carboxylic acids is 1. The van der Waals surface area contributed by atoms with Crippen LogP contribution in [0.3, 0.4) is 0 Å².